The summed E-state index contributed by atoms with van der Waals surface area (Å²) in [5.74, 6) is 0.705. The van der Waals surface area contributed by atoms with Gasteiger partial charge in [0.1, 0.15) is 12.2 Å². The van der Waals surface area contributed by atoms with Crippen LogP contribution in [0.25, 0.3) is 0 Å². The van der Waals surface area contributed by atoms with Crippen molar-refractivity contribution in [1.29, 1.82) is 0 Å². The fourth-order valence-electron chi connectivity index (χ4n) is 7.46. The average Bonchev–Trinajstić information content (AvgIpc) is 3.56. The number of piperidine rings is 1. The third-order valence-electron chi connectivity index (χ3n) is 9.61. The van der Waals surface area contributed by atoms with E-state index in [2.05, 4.69) is 28.6 Å². The zero-order valence-corrected chi connectivity index (χ0v) is 25.3. The monoisotopic (exact) mass is 606 g/mol. The van der Waals surface area contributed by atoms with Crippen molar-refractivity contribution in [1.82, 2.24) is 24.6 Å². The Morgan fingerprint density at radius 3 is 2.66 bits per heavy atom. The van der Waals surface area contributed by atoms with E-state index in [0.29, 0.717) is 30.3 Å². The number of likely N-dealkylation sites (N-methyl/N-ethyl adjacent to an activating group) is 1. The van der Waals surface area contributed by atoms with Crippen LogP contribution in [0.15, 0.2) is 55.4 Å². The fraction of sp³-hybridized carbons (Fsp3) is 0.455. The number of aromatic nitrogens is 3. The molecule has 1 atom stereocenters. The number of anilines is 1. The minimum Gasteiger partial charge on any atom is -0.338 e. The molecular formula is C33H37F3N6O2. The summed E-state index contributed by atoms with van der Waals surface area (Å²) in [6, 6.07) is 10.3. The highest BCUT2D eigenvalue weighted by atomic mass is 19.4. The molecule has 1 saturated carbocycles. The Hall–Kier alpha value is -3.99. The smallest absolute Gasteiger partial charge is 0.338 e. The topological polar surface area (TPSA) is 74.6 Å². The molecule has 3 heterocycles. The minimum absolute atomic E-state index is 0.00441. The van der Waals surface area contributed by atoms with Crippen molar-refractivity contribution in [3.63, 3.8) is 0 Å². The van der Waals surface area contributed by atoms with Gasteiger partial charge in [0.05, 0.1) is 17.5 Å². The van der Waals surface area contributed by atoms with E-state index in [1.165, 1.54) is 17.0 Å². The molecule has 44 heavy (non-hydrogen) atoms. The Bertz CT molecular complexity index is 1610. The predicted octanol–water partition coefficient (Wildman–Crippen LogP) is 5.32. The number of carbonyl (C=O) groups excluding carboxylic acids is 2. The number of alkyl halides is 3. The summed E-state index contributed by atoms with van der Waals surface area (Å²) in [6.07, 6.45) is 1.69. The highest BCUT2D eigenvalue weighted by Gasteiger charge is 2.48. The molecule has 0 N–H and O–H groups in total. The molecule has 1 aliphatic carbocycles. The number of nitrogens with zero attached hydrogens (tertiary/aromatic N) is 6. The molecule has 8 nitrogen and oxygen atoms in total. The molecule has 0 bridgehead atoms. The van der Waals surface area contributed by atoms with Crippen LogP contribution in [0.3, 0.4) is 0 Å². The third kappa shape index (κ3) is 5.21. The van der Waals surface area contributed by atoms with Crippen LogP contribution in [-0.4, -0.2) is 62.6 Å². The molecule has 0 spiro atoms. The largest absolute Gasteiger partial charge is 0.416 e. The summed E-state index contributed by atoms with van der Waals surface area (Å²) in [5.41, 5.74) is 0.934. The van der Waals surface area contributed by atoms with Gasteiger partial charge in [0, 0.05) is 44.5 Å². The summed E-state index contributed by atoms with van der Waals surface area (Å²) >= 11 is 0. The van der Waals surface area contributed by atoms with Crippen molar-refractivity contribution in [3.8, 4) is 0 Å². The van der Waals surface area contributed by atoms with Gasteiger partial charge < -0.3 is 14.4 Å². The van der Waals surface area contributed by atoms with E-state index in [1.807, 2.05) is 29.8 Å². The lowest BCUT2D eigenvalue weighted by atomic mass is 9.58. The number of halogens is 3. The number of amides is 2. The van der Waals surface area contributed by atoms with Gasteiger partial charge in [-0.3, -0.25) is 14.5 Å². The number of hydrogen-bond donors (Lipinski definition) is 0. The first-order valence-electron chi connectivity index (χ1n) is 15.0. The SMILES string of the molecule is C=CC(=O)N(C)[C@H]1CCCN(Cc2cc3c(c(C(F)(F)F)c2)CN(c2cccc(C4(c5nncn5C)CC(C)C4)c2)C3=O)C1. The highest BCUT2D eigenvalue weighted by Crippen LogP contribution is 2.52. The van der Waals surface area contributed by atoms with Gasteiger partial charge in [-0.25, -0.2) is 0 Å². The van der Waals surface area contributed by atoms with Crippen molar-refractivity contribution in [3.05, 3.63) is 89.0 Å². The Morgan fingerprint density at radius 2 is 2.00 bits per heavy atom. The summed E-state index contributed by atoms with van der Waals surface area (Å²) in [6.45, 7) is 7.07. The van der Waals surface area contributed by atoms with Crippen LogP contribution in [0.5, 0.6) is 0 Å². The quantitative estimate of drug-likeness (QED) is 0.341. The van der Waals surface area contributed by atoms with E-state index in [4.69, 9.17) is 0 Å². The van der Waals surface area contributed by atoms with Crippen molar-refractivity contribution in [2.75, 3.05) is 25.0 Å². The van der Waals surface area contributed by atoms with Crippen LogP contribution in [0.1, 0.15) is 71.0 Å². The van der Waals surface area contributed by atoms with Gasteiger partial charge in [-0.05, 0) is 85.2 Å². The Labute approximate surface area is 255 Å². The first-order chi connectivity index (χ1) is 20.9. The number of fused-ring (bicyclic) bond motifs is 1. The van der Waals surface area contributed by atoms with Gasteiger partial charge in [0.15, 0.2) is 0 Å². The summed E-state index contributed by atoms with van der Waals surface area (Å²) in [5, 5.41) is 8.48. The third-order valence-corrected chi connectivity index (χ3v) is 9.61. The zero-order valence-electron chi connectivity index (χ0n) is 25.3. The van der Waals surface area contributed by atoms with Gasteiger partial charge >= 0.3 is 6.18 Å². The van der Waals surface area contributed by atoms with Gasteiger partial charge in [0.2, 0.25) is 5.91 Å². The van der Waals surface area contributed by atoms with Gasteiger partial charge in [0.25, 0.3) is 5.91 Å². The summed E-state index contributed by atoms with van der Waals surface area (Å²) < 4.78 is 45.3. The molecule has 2 amide bonds. The Kier molecular flexibility index (Phi) is 7.63. The second kappa shape index (κ2) is 11.2. The fourth-order valence-corrected chi connectivity index (χ4v) is 7.46. The van der Waals surface area contributed by atoms with Gasteiger partial charge in [-0.15, -0.1) is 10.2 Å². The molecule has 0 radical (unpaired) electrons. The molecule has 2 aliphatic heterocycles. The number of rotatable bonds is 7. The van der Waals surface area contributed by atoms with Crippen LogP contribution in [-0.2, 0) is 36.5 Å². The lowest BCUT2D eigenvalue weighted by molar-refractivity contribution is -0.138. The maximum absolute atomic E-state index is 14.4. The maximum Gasteiger partial charge on any atom is 0.416 e. The first kappa shape index (κ1) is 30.1. The molecule has 6 rings (SSSR count). The number of benzene rings is 2. The van der Waals surface area contributed by atoms with Crippen molar-refractivity contribution >= 4 is 17.5 Å². The maximum atomic E-state index is 14.4. The molecule has 3 aliphatic rings. The number of aryl methyl sites for hydroxylation is 1. The van der Waals surface area contributed by atoms with Gasteiger partial charge in [-0.1, -0.05) is 25.6 Å². The van der Waals surface area contributed by atoms with Crippen LogP contribution >= 0.6 is 0 Å². The first-order valence-corrected chi connectivity index (χ1v) is 15.0. The van der Waals surface area contributed by atoms with Crippen molar-refractivity contribution in [2.45, 2.75) is 63.3 Å². The molecule has 2 aromatic carbocycles. The van der Waals surface area contributed by atoms with E-state index in [9.17, 15) is 22.8 Å². The lowest BCUT2D eigenvalue weighted by Gasteiger charge is -2.46. The number of hydrogen-bond acceptors (Lipinski definition) is 5. The summed E-state index contributed by atoms with van der Waals surface area (Å²) in [7, 11) is 3.63. The molecule has 1 saturated heterocycles. The molecule has 3 aromatic rings. The number of carbonyl (C=O) groups is 2. The molecular weight excluding hydrogens is 569 g/mol. The Morgan fingerprint density at radius 1 is 1.23 bits per heavy atom. The predicted molar refractivity (Wildman–Crippen MR) is 160 cm³/mol. The van der Waals surface area contributed by atoms with Gasteiger partial charge in [-0.2, -0.15) is 13.2 Å². The van der Waals surface area contributed by atoms with E-state index in [0.717, 1.165) is 37.1 Å². The summed E-state index contributed by atoms with van der Waals surface area (Å²) in [4.78, 5) is 31.1. The number of likely N-dealkylation sites (tertiary alicyclic amines) is 1. The zero-order chi connectivity index (χ0) is 31.4. The van der Waals surface area contributed by atoms with E-state index in [1.54, 1.807) is 30.4 Å². The normalized spacial score (nSPS) is 23.8. The van der Waals surface area contributed by atoms with Crippen LogP contribution < -0.4 is 4.90 Å². The standard InChI is InChI=1S/C33H37F3N6O2/c1-5-29(43)40(4)25-10-7-11-41(18-25)17-22-12-26-27(28(13-22)33(34,35)36)19-42(30(26)44)24-9-6-8-23(14-24)32(15-21(2)16-32)31-38-37-20-39(31)3/h5-6,8-9,12-14,20-21,25H,1,7,10-11,15-19H2,2-4H3/t21?,25-,32?/m0/s1. The molecule has 2 fully saturated rings. The molecule has 11 heteroatoms. The molecule has 232 valence electrons. The second-order valence-electron chi connectivity index (χ2n) is 12.7. The molecule has 1 aromatic heterocycles. The van der Waals surface area contributed by atoms with Crippen LogP contribution in [0, 0.1) is 5.92 Å². The minimum atomic E-state index is -4.61. The molecule has 0 unspecified atom stereocenters. The highest BCUT2D eigenvalue weighted by molar-refractivity contribution is 6.10. The second-order valence-corrected chi connectivity index (χ2v) is 12.7. The van der Waals surface area contributed by atoms with Crippen molar-refractivity contribution in [2.24, 2.45) is 13.0 Å². The lowest BCUT2D eigenvalue weighted by Crippen LogP contribution is -2.47. The van der Waals surface area contributed by atoms with E-state index >= 15 is 0 Å². The van der Waals surface area contributed by atoms with E-state index in [-0.39, 0.29) is 41.6 Å². The van der Waals surface area contributed by atoms with E-state index < -0.39 is 17.6 Å². The van der Waals surface area contributed by atoms with Crippen LogP contribution in [0.2, 0.25) is 0 Å². The Balaban J connectivity index is 1.29. The average molecular weight is 607 g/mol. The van der Waals surface area contributed by atoms with Crippen LogP contribution in [0.4, 0.5) is 18.9 Å². The van der Waals surface area contributed by atoms with Crippen molar-refractivity contribution < 1.29 is 22.8 Å².